The molecule has 0 spiro atoms. The lowest BCUT2D eigenvalue weighted by molar-refractivity contribution is -0.116. The molecule has 0 aromatic heterocycles. The average molecular weight is 416 g/mol. The summed E-state index contributed by atoms with van der Waals surface area (Å²) in [5, 5.41) is 0.432. The molecule has 0 N–H and O–H groups in total. The number of benzene rings is 2. The summed E-state index contributed by atoms with van der Waals surface area (Å²) in [6, 6.07) is 10.3. The van der Waals surface area contributed by atoms with Crippen LogP contribution in [0.25, 0.3) is 0 Å². The molecule has 0 saturated carbocycles. The second-order valence-electron chi connectivity index (χ2n) is 7.53. The van der Waals surface area contributed by atoms with E-state index < -0.39 is 0 Å². The van der Waals surface area contributed by atoms with E-state index in [4.69, 9.17) is 11.6 Å². The van der Waals surface area contributed by atoms with E-state index in [1.165, 1.54) is 6.07 Å². The van der Waals surface area contributed by atoms with E-state index in [1.807, 2.05) is 17.0 Å². The number of halogens is 2. The van der Waals surface area contributed by atoms with Crippen LogP contribution in [0.4, 0.5) is 10.1 Å². The number of nitrogens with zero attached hydrogens (tertiary/aromatic N) is 3. The third-order valence-corrected chi connectivity index (χ3v) is 6.06. The molecule has 0 atom stereocenters. The van der Waals surface area contributed by atoms with E-state index in [0.717, 1.165) is 17.7 Å². The van der Waals surface area contributed by atoms with Gasteiger partial charge in [0.05, 0.1) is 0 Å². The minimum atomic E-state index is -0.297. The first kappa shape index (κ1) is 19.9. The molecule has 0 radical (unpaired) electrons. The second kappa shape index (κ2) is 8.13. The summed E-state index contributed by atoms with van der Waals surface area (Å²) in [5.41, 5.74) is 3.10. The van der Waals surface area contributed by atoms with Crippen molar-refractivity contribution in [2.24, 2.45) is 0 Å². The van der Waals surface area contributed by atoms with Crippen LogP contribution in [0.1, 0.15) is 28.4 Å². The van der Waals surface area contributed by atoms with Crippen LogP contribution in [0.15, 0.2) is 36.4 Å². The Hall–Kier alpha value is -2.44. The fourth-order valence-corrected chi connectivity index (χ4v) is 4.28. The number of amides is 2. The summed E-state index contributed by atoms with van der Waals surface area (Å²) in [4.78, 5) is 30.3. The zero-order valence-electron chi connectivity index (χ0n) is 16.3. The van der Waals surface area contributed by atoms with Gasteiger partial charge in [-0.3, -0.25) is 14.5 Å². The number of rotatable bonds is 3. The smallest absolute Gasteiger partial charge is 0.253 e. The minimum absolute atomic E-state index is 0.00218. The van der Waals surface area contributed by atoms with Gasteiger partial charge >= 0.3 is 0 Å². The van der Waals surface area contributed by atoms with E-state index in [0.29, 0.717) is 55.4 Å². The molecule has 0 bridgehead atoms. The normalized spacial score (nSPS) is 16.8. The lowest BCUT2D eigenvalue weighted by Gasteiger charge is -2.35. The number of hydrogen-bond donors (Lipinski definition) is 0. The van der Waals surface area contributed by atoms with Crippen molar-refractivity contribution in [3.8, 4) is 0 Å². The standard InChI is InChI=1S/C22H23ClFN3O2/c1-15(28)27-8-7-16-13-17(5-6-21(16)27)22(29)26-11-9-25(10-12-26)14-18-19(23)3-2-4-20(18)24/h2-6,13H,7-12,14H2,1H3. The van der Waals surface area contributed by atoms with E-state index in [-0.39, 0.29) is 17.6 Å². The van der Waals surface area contributed by atoms with Crippen LogP contribution in [-0.2, 0) is 17.8 Å². The number of fused-ring (bicyclic) bond motifs is 1. The van der Waals surface area contributed by atoms with E-state index in [9.17, 15) is 14.0 Å². The van der Waals surface area contributed by atoms with Crippen molar-refractivity contribution >= 4 is 29.1 Å². The highest BCUT2D eigenvalue weighted by Gasteiger charge is 2.26. The largest absolute Gasteiger partial charge is 0.336 e. The Bertz CT molecular complexity index is 937. The van der Waals surface area contributed by atoms with Gasteiger partial charge in [0, 0.05) is 68.0 Å². The molecule has 2 aromatic rings. The number of carbonyl (C=O) groups is 2. The average Bonchev–Trinajstić information content (AvgIpc) is 3.14. The topological polar surface area (TPSA) is 43.9 Å². The van der Waals surface area contributed by atoms with Gasteiger partial charge in [-0.2, -0.15) is 0 Å². The maximum absolute atomic E-state index is 14.0. The number of hydrogen-bond acceptors (Lipinski definition) is 3. The summed E-state index contributed by atoms with van der Waals surface area (Å²) in [6.07, 6.45) is 0.771. The van der Waals surface area contributed by atoms with Crippen molar-refractivity contribution in [1.29, 1.82) is 0 Å². The maximum Gasteiger partial charge on any atom is 0.253 e. The Morgan fingerprint density at radius 1 is 1.07 bits per heavy atom. The lowest BCUT2D eigenvalue weighted by atomic mass is 10.1. The van der Waals surface area contributed by atoms with Gasteiger partial charge in [0.1, 0.15) is 5.82 Å². The van der Waals surface area contributed by atoms with Crippen molar-refractivity contribution < 1.29 is 14.0 Å². The fourth-order valence-electron chi connectivity index (χ4n) is 4.06. The third kappa shape index (κ3) is 4.00. The maximum atomic E-state index is 14.0. The van der Waals surface area contributed by atoms with Gasteiger partial charge in [0.25, 0.3) is 5.91 Å². The van der Waals surface area contributed by atoms with Crippen molar-refractivity contribution in [3.63, 3.8) is 0 Å². The first-order valence-electron chi connectivity index (χ1n) is 9.79. The molecule has 2 aliphatic heterocycles. The molecule has 1 saturated heterocycles. The van der Waals surface area contributed by atoms with Gasteiger partial charge < -0.3 is 9.80 Å². The molecule has 0 unspecified atom stereocenters. The molecule has 7 heteroatoms. The highest BCUT2D eigenvalue weighted by atomic mass is 35.5. The van der Waals surface area contributed by atoms with Crippen LogP contribution in [0.5, 0.6) is 0 Å². The molecule has 5 nitrogen and oxygen atoms in total. The number of anilines is 1. The second-order valence-corrected chi connectivity index (χ2v) is 7.94. The quantitative estimate of drug-likeness (QED) is 0.772. The predicted octanol–water partition coefficient (Wildman–Crippen LogP) is 3.35. The van der Waals surface area contributed by atoms with Crippen molar-refractivity contribution in [1.82, 2.24) is 9.80 Å². The summed E-state index contributed by atoms with van der Waals surface area (Å²) >= 11 is 6.13. The molecule has 2 aliphatic rings. The molecule has 2 aromatic carbocycles. The zero-order chi connectivity index (χ0) is 20.5. The Morgan fingerprint density at radius 3 is 2.52 bits per heavy atom. The molecule has 4 rings (SSSR count). The summed E-state index contributed by atoms with van der Waals surface area (Å²) in [7, 11) is 0. The SMILES string of the molecule is CC(=O)N1CCc2cc(C(=O)N3CCN(Cc4c(F)cccc4Cl)CC3)ccc21. The molecular weight excluding hydrogens is 393 g/mol. The highest BCUT2D eigenvalue weighted by Crippen LogP contribution is 2.29. The van der Waals surface area contributed by atoms with Crippen LogP contribution in [0.3, 0.4) is 0 Å². The first-order valence-corrected chi connectivity index (χ1v) is 10.2. The highest BCUT2D eigenvalue weighted by molar-refractivity contribution is 6.31. The molecule has 2 amide bonds. The van der Waals surface area contributed by atoms with Gasteiger partial charge in [-0.15, -0.1) is 0 Å². The third-order valence-electron chi connectivity index (χ3n) is 5.71. The Kier molecular flexibility index (Phi) is 5.56. The van der Waals surface area contributed by atoms with Crippen LogP contribution in [-0.4, -0.2) is 54.3 Å². The monoisotopic (exact) mass is 415 g/mol. The zero-order valence-corrected chi connectivity index (χ0v) is 17.1. The first-order chi connectivity index (χ1) is 13.9. The van der Waals surface area contributed by atoms with Gasteiger partial charge in [-0.25, -0.2) is 4.39 Å². The molecule has 1 fully saturated rings. The van der Waals surface area contributed by atoms with Gasteiger partial charge in [-0.1, -0.05) is 17.7 Å². The van der Waals surface area contributed by atoms with Crippen molar-refractivity contribution in [3.05, 3.63) is 63.9 Å². The van der Waals surface area contributed by atoms with Crippen LogP contribution in [0, 0.1) is 5.82 Å². The molecule has 0 aliphatic carbocycles. The number of piperazine rings is 1. The number of carbonyl (C=O) groups excluding carboxylic acids is 2. The van der Waals surface area contributed by atoms with Crippen LogP contribution in [0.2, 0.25) is 5.02 Å². The van der Waals surface area contributed by atoms with Gasteiger partial charge in [0.2, 0.25) is 5.91 Å². The Labute approximate surface area is 174 Å². The van der Waals surface area contributed by atoms with Crippen molar-refractivity contribution in [2.75, 3.05) is 37.6 Å². The molecule has 2 heterocycles. The van der Waals surface area contributed by atoms with Gasteiger partial charge in [0.15, 0.2) is 0 Å². The molecule has 29 heavy (non-hydrogen) atoms. The van der Waals surface area contributed by atoms with Crippen LogP contribution < -0.4 is 4.90 Å². The predicted molar refractivity (Wildman–Crippen MR) is 111 cm³/mol. The van der Waals surface area contributed by atoms with E-state index >= 15 is 0 Å². The van der Waals surface area contributed by atoms with E-state index in [1.54, 1.807) is 30.0 Å². The summed E-state index contributed by atoms with van der Waals surface area (Å²) < 4.78 is 14.0. The lowest BCUT2D eigenvalue weighted by Crippen LogP contribution is -2.48. The van der Waals surface area contributed by atoms with Crippen molar-refractivity contribution in [2.45, 2.75) is 19.9 Å². The fraction of sp³-hybridized carbons (Fsp3) is 0.364. The Morgan fingerprint density at radius 2 is 1.83 bits per heavy atom. The molecule has 152 valence electrons. The molecular formula is C22H23ClFN3O2. The minimum Gasteiger partial charge on any atom is -0.336 e. The van der Waals surface area contributed by atoms with E-state index in [2.05, 4.69) is 4.90 Å². The van der Waals surface area contributed by atoms with Crippen LogP contribution >= 0.6 is 11.6 Å². The summed E-state index contributed by atoms with van der Waals surface area (Å²) in [5.74, 6) is -0.277. The van der Waals surface area contributed by atoms with Gasteiger partial charge in [-0.05, 0) is 42.3 Å². The summed E-state index contributed by atoms with van der Waals surface area (Å²) in [6.45, 7) is 5.16. The Balaban J connectivity index is 1.39.